The molecule has 0 spiro atoms. The highest BCUT2D eigenvalue weighted by molar-refractivity contribution is 5.29. The molecule has 1 aromatic rings. The van der Waals surface area contributed by atoms with Crippen molar-refractivity contribution in [2.75, 3.05) is 0 Å². The lowest BCUT2D eigenvalue weighted by atomic mass is 10.2. The maximum atomic E-state index is 11.9. The molecule has 80 valence electrons. The second kappa shape index (κ2) is 4.17. The van der Waals surface area contributed by atoms with Gasteiger partial charge in [0.15, 0.2) is 5.75 Å². The van der Waals surface area contributed by atoms with Crippen LogP contribution in [0.15, 0.2) is 12.1 Å². The molecule has 0 atom stereocenters. The molecule has 0 bridgehead atoms. The summed E-state index contributed by atoms with van der Waals surface area (Å²) < 4.78 is 39.3. The van der Waals surface area contributed by atoms with E-state index in [1.807, 2.05) is 6.07 Å². The van der Waals surface area contributed by atoms with Crippen LogP contribution in [0.2, 0.25) is 0 Å². The fourth-order valence-electron chi connectivity index (χ4n) is 1.01. The van der Waals surface area contributed by atoms with Gasteiger partial charge in [0.25, 0.3) is 0 Å². The van der Waals surface area contributed by atoms with Gasteiger partial charge in [-0.3, -0.25) is 4.98 Å². The number of aromatic nitrogens is 1. The summed E-state index contributed by atoms with van der Waals surface area (Å²) in [5.41, 5.74) is 0.532. The smallest absolute Gasteiger partial charge is 0.404 e. The van der Waals surface area contributed by atoms with Gasteiger partial charge in [0.05, 0.1) is 23.9 Å². The first kappa shape index (κ1) is 11.3. The minimum atomic E-state index is -4.72. The molecule has 3 nitrogen and oxygen atoms in total. The third-order valence-electron chi connectivity index (χ3n) is 1.58. The van der Waals surface area contributed by atoms with E-state index < -0.39 is 6.36 Å². The molecule has 1 heterocycles. The van der Waals surface area contributed by atoms with E-state index in [9.17, 15) is 13.2 Å². The van der Waals surface area contributed by atoms with E-state index in [1.165, 1.54) is 13.0 Å². The number of pyridine rings is 1. The van der Waals surface area contributed by atoms with E-state index in [1.54, 1.807) is 0 Å². The maximum absolute atomic E-state index is 11.9. The summed E-state index contributed by atoms with van der Waals surface area (Å²) >= 11 is 0. The molecule has 0 saturated heterocycles. The normalized spacial score (nSPS) is 10.9. The van der Waals surface area contributed by atoms with Crippen molar-refractivity contribution in [2.45, 2.75) is 19.7 Å². The molecule has 15 heavy (non-hydrogen) atoms. The van der Waals surface area contributed by atoms with Crippen molar-refractivity contribution in [1.29, 1.82) is 5.26 Å². The summed E-state index contributed by atoms with van der Waals surface area (Å²) in [5, 5.41) is 8.37. The van der Waals surface area contributed by atoms with Gasteiger partial charge in [0, 0.05) is 0 Å². The molecule has 0 fully saturated rings. The van der Waals surface area contributed by atoms with E-state index in [2.05, 4.69) is 9.72 Å². The molecule has 0 aliphatic carbocycles. The highest BCUT2D eigenvalue weighted by Crippen LogP contribution is 2.24. The van der Waals surface area contributed by atoms with Gasteiger partial charge in [-0.25, -0.2) is 0 Å². The first-order chi connectivity index (χ1) is 6.92. The van der Waals surface area contributed by atoms with Crippen molar-refractivity contribution in [3.63, 3.8) is 0 Å². The van der Waals surface area contributed by atoms with Gasteiger partial charge in [-0.05, 0) is 19.1 Å². The molecule has 0 amide bonds. The Morgan fingerprint density at radius 2 is 2.13 bits per heavy atom. The summed E-state index contributed by atoms with van der Waals surface area (Å²) in [6.07, 6.45) is -4.66. The largest absolute Gasteiger partial charge is 0.573 e. The van der Waals surface area contributed by atoms with Gasteiger partial charge in [0.1, 0.15) is 0 Å². The van der Waals surface area contributed by atoms with Gasteiger partial charge >= 0.3 is 6.36 Å². The molecule has 6 heteroatoms. The zero-order chi connectivity index (χ0) is 11.5. The van der Waals surface area contributed by atoms with Crippen LogP contribution in [0.1, 0.15) is 11.4 Å². The lowest BCUT2D eigenvalue weighted by molar-refractivity contribution is -0.275. The Bertz CT molecular complexity index is 395. The van der Waals surface area contributed by atoms with Gasteiger partial charge in [-0.15, -0.1) is 13.2 Å². The monoisotopic (exact) mass is 216 g/mol. The predicted octanol–water partition coefficient (Wildman–Crippen LogP) is 2.35. The zero-order valence-electron chi connectivity index (χ0n) is 7.80. The molecular formula is C9H7F3N2O. The van der Waals surface area contributed by atoms with Crippen molar-refractivity contribution in [1.82, 2.24) is 4.98 Å². The van der Waals surface area contributed by atoms with E-state index in [0.29, 0.717) is 5.69 Å². The molecule has 0 aliphatic heterocycles. The Kier molecular flexibility index (Phi) is 3.14. The lowest BCUT2D eigenvalue weighted by Crippen LogP contribution is -2.18. The number of hydrogen-bond donors (Lipinski definition) is 0. The first-order valence-corrected chi connectivity index (χ1v) is 4.01. The summed E-state index contributed by atoms with van der Waals surface area (Å²) in [6.45, 7) is 1.39. The molecule has 1 rings (SSSR count). The van der Waals surface area contributed by atoms with Gasteiger partial charge in [-0.1, -0.05) is 0 Å². The quantitative estimate of drug-likeness (QED) is 0.762. The topological polar surface area (TPSA) is 45.9 Å². The molecule has 1 aromatic heterocycles. The van der Waals surface area contributed by atoms with E-state index in [-0.39, 0.29) is 17.9 Å². The maximum Gasteiger partial charge on any atom is 0.573 e. The zero-order valence-corrected chi connectivity index (χ0v) is 7.80. The molecule has 0 aromatic carbocycles. The average molecular weight is 216 g/mol. The van der Waals surface area contributed by atoms with Crippen LogP contribution in [0.5, 0.6) is 5.75 Å². The minimum Gasteiger partial charge on any atom is -0.404 e. The lowest BCUT2D eigenvalue weighted by Gasteiger charge is -2.10. The number of alkyl halides is 3. The van der Waals surface area contributed by atoms with Crippen LogP contribution in [0.25, 0.3) is 0 Å². The highest BCUT2D eigenvalue weighted by Gasteiger charge is 2.31. The predicted molar refractivity (Wildman–Crippen MR) is 45.0 cm³/mol. The number of halogens is 3. The van der Waals surface area contributed by atoms with Crippen LogP contribution in [0.3, 0.4) is 0 Å². The van der Waals surface area contributed by atoms with Crippen LogP contribution in [0, 0.1) is 18.3 Å². The number of hydrogen-bond acceptors (Lipinski definition) is 3. The summed E-state index contributed by atoms with van der Waals surface area (Å²) in [7, 11) is 0. The number of aryl methyl sites for hydroxylation is 1. The van der Waals surface area contributed by atoms with Crippen LogP contribution in [0.4, 0.5) is 13.2 Å². The fourth-order valence-corrected chi connectivity index (χ4v) is 1.01. The van der Waals surface area contributed by atoms with Crippen LogP contribution < -0.4 is 4.74 Å². The number of rotatable bonds is 2. The Morgan fingerprint density at radius 1 is 1.47 bits per heavy atom. The Hall–Kier alpha value is -1.77. The highest BCUT2D eigenvalue weighted by atomic mass is 19.4. The molecule has 0 unspecified atom stereocenters. The minimum absolute atomic E-state index is 0.0626. The van der Waals surface area contributed by atoms with Crippen molar-refractivity contribution in [3.05, 3.63) is 23.5 Å². The third kappa shape index (κ3) is 3.46. The standard InChI is InChI=1S/C9H7F3N2O/c1-6-8(15-9(10,11)12)3-2-7(14-6)4-5-13/h2-3H,4H2,1H3. The van der Waals surface area contributed by atoms with Gasteiger partial charge < -0.3 is 4.74 Å². The number of nitriles is 1. The summed E-state index contributed by atoms with van der Waals surface area (Å²) in [4.78, 5) is 3.80. The van der Waals surface area contributed by atoms with Crippen LogP contribution in [-0.2, 0) is 6.42 Å². The Balaban J connectivity index is 2.89. The molecular weight excluding hydrogens is 209 g/mol. The molecule has 0 N–H and O–H groups in total. The van der Waals surface area contributed by atoms with Gasteiger partial charge in [-0.2, -0.15) is 5.26 Å². The Labute approximate surface area is 84.1 Å². The van der Waals surface area contributed by atoms with E-state index in [4.69, 9.17) is 5.26 Å². The second-order valence-electron chi connectivity index (χ2n) is 2.77. The summed E-state index contributed by atoms with van der Waals surface area (Å²) in [6, 6.07) is 4.34. The van der Waals surface area contributed by atoms with Crippen LogP contribution in [-0.4, -0.2) is 11.3 Å². The molecule has 0 radical (unpaired) electrons. The van der Waals surface area contributed by atoms with Crippen LogP contribution >= 0.6 is 0 Å². The number of ether oxygens (including phenoxy) is 1. The molecule has 0 saturated carbocycles. The second-order valence-corrected chi connectivity index (χ2v) is 2.77. The van der Waals surface area contributed by atoms with E-state index in [0.717, 1.165) is 6.07 Å². The van der Waals surface area contributed by atoms with Crippen molar-refractivity contribution in [2.24, 2.45) is 0 Å². The van der Waals surface area contributed by atoms with Gasteiger partial charge in [0.2, 0.25) is 0 Å². The SMILES string of the molecule is Cc1nc(CC#N)ccc1OC(F)(F)F. The van der Waals surface area contributed by atoms with E-state index >= 15 is 0 Å². The number of nitrogens with zero attached hydrogens (tertiary/aromatic N) is 2. The fraction of sp³-hybridized carbons (Fsp3) is 0.333. The van der Waals surface area contributed by atoms with Crippen molar-refractivity contribution < 1.29 is 17.9 Å². The van der Waals surface area contributed by atoms with Crippen molar-refractivity contribution in [3.8, 4) is 11.8 Å². The average Bonchev–Trinajstić information content (AvgIpc) is 2.08. The molecule has 0 aliphatic rings. The first-order valence-electron chi connectivity index (χ1n) is 4.01. The third-order valence-corrected chi connectivity index (χ3v) is 1.58. The Morgan fingerprint density at radius 3 is 2.60 bits per heavy atom. The summed E-state index contributed by atoms with van der Waals surface area (Å²) in [5.74, 6) is -0.343. The van der Waals surface area contributed by atoms with Crippen molar-refractivity contribution >= 4 is 0 Å².